The van der Waals surface area contributed by atoms with Gasteiger partial charge in [0.2, 0.25) is 0 Å². The molecule has 0 saturated heterocycles. The summed E-state index contributed by atoms with van der Waals surface area (Å²) >= 11 is 0. The minimum atomic E-state index is 0. The summed E-state index contributed by atoms with van der Waals surface area (Å²) in [7, 11) is 0. The van der Waals surface area contributed by atoms with E-state index in [1.54, 1.807) is 0 Å². The molecule has 3 N–H and O–H groups in total. The van der Waals surface area contributed by atoms with Crippen LogP contribution in [0, 0.1) is 0 Å². The number of hydrogen-bond acceptors (Lipinski definition) is 2. The van der Waals surface area contributed by atoms with Crippen LogP contribution in [0.15, 0.2) is 0 Å². The zero-order chi connectivity index (χ0) is 11.2. The van der Waals surface area contributed by atoms with E-state index in [1.807, 2.05) is 0 Å². The van der Waals surface area contributed by atoms with E-state index in [0.717, 1.165) is 19.1 Å². The van der Waals surface area contributed by atoms with Gasteiger partial charge in [-0.25, -0.2) is 0 Å². The van der Waals surface area contributed by atoms with Gasteiger partial charge in [-0.3, -0.25) is 0 Å². The van der Waals surface area contributed by atoms with Crippen molar-refractivity contribution in [2.45, 2.75) is 84.0 Å². The van der Waals surface area contributed by atoms with Crippen LogP contribution in [0.2, 0.25) is 0 Å². The van der Waals surface area contributed by atoms with E-state index in [0.29, 0.717) is 0 Å². The van der Waals surface area contributed by atoms with Gasteiger partial charge in [0.15, 0.2) is 0 Å². The van der Waals surface area contributed by atoms with Gasteiger partial charge >= 0.3 is 29.6 Å². The Bertz CT molecular complexity index is 131. The molecule has 0 radical (unpaired) electrons. The molecular formula is C14H32NNaO. The third-order valence-electron chi connectivity index (χ3n) is 2.93. The number of hydrogen-bond donors (Lipinski definition) is 1. The third-order valence-corrected chi connectivity index (χ3v) is 2.93. The summed E-state index contributed by atoms with van der Waals surface area (Å²) < 4.78 is 0. The van der Waals surface area contributed by atoms with Crippen molar-refractivity contribution in [2.75, 3.05) is 0 Å². The third kappa shape index (κ3) is 22.3. The molecule has 0 heterocycles. The van der Waals surface area contributed by atoms with Crippen LogP contribution in [0.4, 0.5) is 0 Å². The minimum absolute atomic E-state index is 0. The molecule has 2 nitrogen and oxygen atoms in total. The van der Waals surface area contributed by atoms with Gasteiger partial charge in [0.1, 0.15) is 6.29 Å². The fourth-order valence-corrected chi connectivity index (χ4v) is 1.89. The van der Waals surface area contributed by atoms with Crippen molar-refractivity contribution in [2.24, 2.45) is 0 Å². The quantitative estimate of drug-likeness (QED) is 0.318. The van der Waals surface area contributed by atoms with Gasteiger partial charge in [0.05, 0.1) is 0 Å². The molecule has 0 aliphatic heterocycles. The SMILES string of the molecule is CCCCCCCCCCCCCC=O.N.[NaH]. The first-order valence-corrected chi connectivity index (χ1v) is 6.85. The molecule has 0 amide bonds. The zero-order valence-corrected chi connectivity index (χ0v) is 11.2. The maximum absolute atomic E-state index is 10.1. The normalized spacial score (nSPS) is 9.24. The van der Waals surface area contributed by atoms with Crippen molar-refractivity contribution in [3.8, 4) is 0 Å². The van der Waals surface area contributed by atoms with Crippen LogP contribution >= 0.6 is 0 Å². The summed E-state index contributed by atoms with van der Waals surface area (Å²) in [5.41, 5.74) is 0. The Morgan fingerprint density at radius 2 is 1.06 bits per heavy atom. The van der Waals surface area contributed by atoms with Gasteiger partial charge in [-0.2, -0.15) is 0 Å². The molecule has 17 heavy (non-hydrogen) atoms. The fourth-order valence-electron chi connectivity index (χ4n) is 1.89. The average molecular weight is 253 g/mol. The van der Waals surface area contributed by atoms with Crippen molar-refractivity contribution in [1.29, 1.82) is 0 Å². The Balaban J connectivity index is -0.000000980. The van der Waals surface area contributed by atoms with Gasteiger partial charge < -0.3 is 10.9 Å². The molecule has 0 saturated carbocycles. The molecule has 0 aromatic rings. The Labute approximate surface area is 130 Å². The summed E-state index contributed by atoms with van der Waals surface area (Å²) in [6.07, 6.45) is 16.7. The second kappa shape index (κ2) is 21.9. The summed E-state index contributed by atoms with van der Waals surface area (Å²) in [6.45, 7) is 2.26. The van der Waals surface area contributed by atoms with Crippen LogP contribution in [-0.4, -0.2) is 35.8 Å². The molecule has 100 valence electrons. The Hall–Kier alpha value is 0.630. The van der Waals surface area contributed by atoms with Crippen molar-refractivity contribution in [3.05, 3.63) is 0 Å². The van der Waals surface area contributed by atoms with Crippen LogP contribution in [0.25, 0.3) is 0 Å². The van der Waals surface area contributed by atoms with Crippen LogP contribution in [0.3, 0.4) is 0 Å². The second-order valence-electron chi connectivity index (χ2n) is 4.49. The predicted octanol–water partition coefficient (Wildman–Crippen LogP) is 4.40. The second-order valence-corrected chi connectivity index (χ2v) is 4.49. The number of carbonyl (C=O) groups excluding carboxylic acids is 1. The number of unbranched alkanes of at least 4 members (excludes halogenated alkanes) is 11. The molecule has 0 aliphatic rings. The van der Waals surface area contributed by atoms with E-state index in [1.165, 1.54) is 64.2 Å². The molecule has 0 aromatic heterocycles. The van der Waals surface area contributed by atoms with Gasteiger partial charge in [-0.1, -0.05) is 71.1 Å². The summed E-state index contributed by atoms with van der Waals surface area (Å²) in [5.74, 6) is 0. The molecule has 0 unspecified atom stereocenters. The van der Waals surface area contributed by atoms with Gasteiger partial charge in [0, 0.05) is 6.42 Å². The first kappa shape index (κ1) is 22.8. The van der Waals surface area contributed by atoms with E-state index in [4.69, 9.17) is 0 Å². The molecule has 0 rings (SSSR count). The standard InChI is InChI=1S/C14H28O.H3N.Na.H/c1-2-3-4-5-6-7-8-9-10-11-12-13-14-15;;;/h14H,2-13H2,1H3;1H3;;. The number of rotatable bonds is 12. The molecule has 0 aromatic carbocycles. The maximum atomic E-state index is 10.1. The average Bonchev–Trinajstić information content (AvgIpc) is 2.26. The van der Waals surface area contributed by atoms with E-state index in [2.05, 4.69) is 6.92 Å². The molecule has 0 bridgehead atoms. The molecule has 0 atom stereocenters. The fraction of sp³-hybridized carbons (Fsp3) is 0.929. The van der Waals surface area contributed by atoms with Crippen molar-refractivity contribution in [3.63, 3.8) is 0 Å². The molecular weight excluding hydrogens is 221 g/mol. The Morgan fingerprint density at radius 3 is 1.41 bits per heavy atom. The van der Waals surface area contributed by atoms with Crippen LogP contribution in [0.1, 0.15) is 84.0 Å². The number of carbonyl (C=O) groups is 1. The predicted molar refractivity (Wildman–Crippen MR) is 79.3 cm³/mol. The first-order valence-electron chi connectivity index (χ1n) is 6.85. The van der Waals surface area contributed by atoms with Crippen molar-refractivity contribution < 1.29 is 4.79 Å². The summed E-state index contributed by atoms with van der Waals surface area (Å²) in [5, 5.41) is 0. The number of aldehydes is 1. The zero-order valence-electron chi connectivity index (χ0n) is 11.2. The van der Waals surface area contributed by atoms with Crippen LogP contribution in [-0.2, 0) is 4.79 Å². The van der Waals surface area contributed by atoms with Crippen LogP contribution < -0.4 is 6.15 Å². The van der Waals surface area contributed by atoms with Gasteiger partial charge in [-0.15, -0.1) is 0 Å². The van der Waals surface area contributed by atoms with E-state index in [9.17, 15) is 4.79 Å². The topological polar surface area (TPSA) is 52.1 Å². The van der Waals surface area contributed by atoms with E-state index >= 15 is 0 Å². The van der Waals surface area contributed by atoms with E-state index in [-0.39, 0.29) is 35.7 Å². The van der Waals surface area contributed by atoms with Crippen molar-refractivity contribution in [1.82, 2.24) is 6.15 Å². The summed E-state index contributed by atoms with van der Waals surface area (Å²) in [4.78, 5) is 10.1. The van der Waals surface area contributed by atoms with Gasteiger partial charge in [-0.05, 0) is 6.42 Å². The van der Waals surface area contributed by atoms with Crippen molar-refractivity contribution >= 4 is 35.8 Å². The summed E-state index contributed by atoms with van der Waals surface area (Å²) in [6, 6.07) is 0. The Morgan fingerprint density at radius 1 is 0.706 bits per heavy atom. The molecule has 0 spiro atoms. The first-order chi connectivity index (χ1) is 7.41. The van der Waals surface area contributed by atoms with Crippen LogP contribution in [0.5, 0.6) is 0 Å². The monoisotopic (exact) mass is 253 g/mol. The molecule has 3 heteroatoms. The Kier molecular flexibility index (Phi) is 29.3. The molecule has 0 aliphatic carbocycles. The van der Waals surface area contributed by atoms with Gasteiger partial charge in [0.25, 0.3) is 0 Å². The molecule has 0 fully saturated rings. The van der Waals surface area contributed by atoms with E-state index < -0.39 is 0 Å².